The van der Waals surface area contributed by atoms with Crippen molar-refractivity contribution in [1.82, 2.24) is 5.32 Å². The summed E-state index contributed by atoms with van der Waals surface area (Å²) in [4.78, 5) is 21.9. The SMILES string of the molecule is CCCCC(C)C(C)C(CC(=O)O)NC(C)=O. The molecule has 0 spiro atoms. The lowest BCUT2D eigenvalue weighted by atomic mass is 9.84. The minimum atomic E-state index is -0.863. The molecule has 100 valence electrons. The highest BCUT2D eigenvalue weighted by Gasteiger charge is 2.25. The summed E-state index contributed by atoms with van der Waals surface area (Å²) in [7, 11) is 0. The van der Waals surface area contributed by atoms with Gasteiger partial charge in [0, 0.05) is 13.0 Å². The number of aliphatic carboxylic acids is 1. The van der Waals surface area contributed by atoms with Crippen LogP contribution in [0.3, 0.4) is 0 Å². The van der Waals surface area contributed by atoms with E-state index >= 15 is 0 Å². The molecule has 0 aliphatic rings. The summed E-state index contributed by atoms with van der Waals surface area (Å²) in [5, 5.41) is 11.6. The Kier molecular flexibility index (Phi) is 7.59. The maximum absolute atomic E-state index is 11.1. The Morgan fingerprint density at radius 2 is 1.88 bits per heavy atom. The number of amides is 1. The molecule has 0 heterocycles. The van der Waals surface area contributed by atoms with Gasteiger partial charge in [0.15, 0.2) is 0 Å². The van der Waals surface area contributed by atoms with Crippen LogP contribution >= 0.6 is 0 Å². The molecule has 3 atom stereocenters. The molecule has 0 rings (SSSR count). The van der Waals surface area contributed by atoms with E-state index in [4.69, 9.17) is 5.11 Å². The minimum Gasteiger partial charge on any atom is -0.481 e. The highest BCUT2D eigenvalue weighted by atomic mass is 16.4. The van der Waals surface area contributed by atoms with E-state index in [1.807, 2.05) is 6.92 Å². The first-order valence-corrected chi connectivity index (χ1v) is 6.37. The average Bonchev–Trinajstić information content (AvgIpc) is 2.22. The molecule has 4 nitrogen and oxygen atoms in total. The van der Waals surface area contributed by atoms with Crippen molar-refractivity contribution in [1.29, 1.82) is 0 Å². The molecule has 0 saturated heterocycles. The summed E-state index contributed by atoms with van der Waals surface area (Å²) in [5.41, 5.74) is 0. The van der Waals surface area contributed by atoms with E-state index in [1.165, 1.54) is 6.92 Å². The van der Waals surface area contributed by atoms with Gasteiger partial charge in [-0.05, 0) is 11.8 Å². The van der Waals surface area contributed by atoms with Gasteiger partial charge in [-0.25, -0.2) is 0 Å². The number of carboxylic acids is 1. The summed E-state index contributed by atoms with van der Waals surface area (Å²) < 4.78 is 0. The molecular weight excluding hydrogens is 218 g/mol. The predicted molar refractivity (Wildman–Crippen MR) is 67.7 cm³/mol. The van der Waals surface area contributed by atoms with Crippen LogP contribution in [0.25, 0.3) is 0 Å². The predicted octanol–water partition coefficient (Wildman–Crippen LogP) is 2.43. The fourth-order valence-corrected chi connectivity index (χ4v) is 2.00. The van der Waals surface area contributed by atoms with Crippen LogP contribution in [0, 0.1) is 11.8 Å². The van der Waals surface area contributed by atoms with Crippen LogP contribution in [-0.4, -0.2) is 23.0 Å². The second kappa shape index (κ2) is 8.09. The second-order valence-electron chi connectivity index (χ2n) is 4.88. The van der Waals surface area contributed by atoms with Crippen LogP contribution in [0.1, 0.15) is 53.4 Å². The molecule has 1 amide bonds. The highest BCUT2D eigenvalue weighted by molar-refractivity contribution is 5.75. The number of hydrogen-bond donors (Lipinski definition) is 2. The van der Waals surface area contributed by atoms with Crippen LogP contribution < -0.4 is 5.32 Å². The third kappa shape index (κ3) is 6.97. The van der Waals surface area contributed by atoms with Gasteiger partial charge < -0.3 is 10.4 Å². The Morgan fingerprint density at radius 1 is 1.29 bits per heavy atom. The van der Waals surface area contributed by atoms with Gasteiger partial charge in [-0.1, -0.05) is 40.0 Å². The first-order valence-electron chi connectivity index (χ1n) is 6.37. The molecule has 0 aromatic carbocycles. The van der Waals surface area contributed by atoms with Crippen molar-refractivity contribution in [2.45, 2.75) is 59.4 Å². The van der Waals surface area contributed by atoms with Gasteiger partial charge in [0.1, 0.15) is 0 Å². The number of carbonyl (C=O) groups excluding carboxylic acids is 1. The Bertz CT molecular complexity index is 237. The third-order valence-corrected chi connectivity index (χ3v) is 3.33. The van der Waals surface area contributed by atoms with E-state index in [0.717, 1.165) is 19.3 Å². The van der Waals surface area contributed by atoms with Gasteiger partial charge in [0.2, 0.25) is 5.91 Å². The zero-order valence-corrected chi connectivity index (χ0v) is 11.3. The molecule has 0 radical (unpaired) electrons. The van der Waals surface area contributed by atoms with Crippen LogP contribution in [0.15, 0.2) is 0 Å². The monoisotopic (exact) mass is 243 g/mol. The molecular formula is C13H25NO3. The zero-order valence-electron chi connectivity index (χ0n) is 11.3. The summed E-state index contributed by atoms with van der Waals surface area (Å²) >= 11 is 0. The molecule has 0 aliphatic heterocycles. The van der Waals surface area contributed by atoms with Crippen molar-refractivity contribution in [3.8, 4) is 0 Å². The van der Waals surface area contributed by atoms with E-state index in [2.05, 4.69) is 19.2 Å². The van der Waals surface area contributed by atoms with Crippen LogP contribution in [0.5, 0.6) is 0 Å². The normalized spacial score (nSPS) is 16.0. The van der Waals surface area contributed by atoms with E-state index in [-0.39, 0.29) is 24.3 Å². The standard InChI is InChI=1S/C13H25NO3/c1-5-6-7-9(2)10(3)12(8-13(16)17)14-11(4)15/h9-10,12H,5-8H2,1-4H3,(H,14,15)(H,16,17). The largest absolute Gasteiger partial charge is 0.481 e. The molecule has 0 aromatic heterocycles. The molecule has 0 saturated carbocycles. The molecule has 0 bridgehead atoms. The van der Waals surface area contributed by atoms with Gasteiger partial charge >= 0.3 is 5.97 Å². The van der Waals surface area contributed by atoms with Gasteiger partial charge in [-0.3, -0.25) is 9.59 Å². The van der Waals surface area contributed by atoms with E-state index in [0.29, 0.717) is 5.92 Å². The molecule has 4 heteroatoms. The van der Waals surface area contributed by atoms with Crippen molar-refractivity contribution in [3.63, 3.8) is 0 Å². The smallest absolute Gasteiger partial charge is 0.305 e. The van der Waals surface area contributed by atoms with Crippen molar-refractivity contribution >= 4 is 11.9 Å². The Hall–Kier alpha value is -1.06. The van der Waals surface area contributed by atoms with Gasteiger partial charge in [0.05, 0.1) is 6.42 Å². The topological polar surface area (TPSA) is 66.4 Å². The summed E-state index contributed by atoms with van der Waals surface area (Å²) in [6.07, 6.45) is 3.36. The summed E-state index contributed by atoms with van der Waals surface area (Å²) in [5.74, 6) is -0.420. The summed E-state index contributed by atoms with van der Waals surface area (Å²) in [6.45, 7) is 7.71. The number of carbonyl (C=O) groups is 2. The molecule has 0 aliphatic carbocycles. The van der Waals surface area contributed by atoms with Crippen molar-refractivity contribution in [3.05, 3.63) is 0 Å². The lowest BCUT2D eigenvalue weighted by molar-refractivity contribution is -0.138. The maximum atomic E-state index is 11.1. The number of rotatable bonds is 8. The Labute approximate surface area is 104 Å². The zero-order chi connectivity index (χ0) is 13.4. The minimum absolute atomic E-state index is 0.00277. The molecule has 0 fully saturated rings. The molecule has 3 unspecified atom stereocenters. The van der Waals surface area contributed by atoms with Crippen molar-refractivity contribution < 1.29 is 14.7 Å². The van der Waals surface area contributed by atoms with Crippen molar-refractivity contribution in [2.24, 2.45) is 11.8 Å². The van der Waals surface area contributed by atoms with E-state index < -0.39 is 5.97 Å². The van der Waals surface area contributed by atoms with E-state index in [1.54, 1.807) is 0 Å². The maximum Gasteiger partial charge on any atom is 0.305 e. The summed E-state index contributed by atoms with van der Waals surface area (Å²) in [6, 6.07) is -0.267. The third-order valence-electron chi connectivity index (χ3n) is 3.33. The van der Waals surface area contributed by atoms with Crippen molar-refractivity contribution in [2.75, 3.05) is 0 Å². The second-order valence-corrected chi connectivity index (χ2v) is 4.88. The van der Waals surface area contributed by atoms with E-state index in [9.17, 15) is 9.59 Å². The fraction of sp³-hybridized carbons (Fsp3) is 0.846. The molecule has 17 heavy (non-hydrogen) atoms. The number of carboxylic acid groups (broad SMARTS) is 1. The lowest BCUT2D eigenvalue weighted by Gasteiger charge is -2.28. The quantitative estimate of drug-likeness (QED) is 0.688. The average molecular weight is 243 g/mol. The highest BCUT2D eigenvalue weighted by Crippen LogP contribution is 2.22. The van der Waals surface area contributed by atoms with Gasteiger partial charge in [0.25, 0.3) is 0 Å². The number of hydrogen-bond acceptors (Lipinski definition) is 2. The number of nitrogens with one attached hydrogen (secondary N) is 1. The first kappa shape index (κ1) is 15.9. The molecule has 2 N–H and O–H groups in total. The van der Waals surface area contributed by atoms with Crippen LogP contribution in [-0.2, 0) is 9.59 Å². The van der Waals surface area contributed by atoms with Crippen LogP contribution in [0.2, 0.25) is 0 Å². The van der Waals surface area contributed by atoms with Gasteiger partial charge in [-0.2, -0.15) is 0 Å². The molecule has 0 aromatic rings. The fourth-order valence-electron chi connectivity index (χ4n) is 2.00. The van der Waals surface area contributed by atoms with Gasteiger partial charge in [-0.15, -0.1) is 0 Å². The van der Waals surface area contributed by atoms with Crippen LogP contribution in [0.4, 0.5) is 0 Å². The Balaban J connectivity index is 4.43. The lowest BCUT2D eigenvalue weighted by Crippen LogP contribution is -2.42. The Morgan fingerprint density at radius 3 is 2.29 bits per heavy atom. The first-order chi connectivity index (χ1) is 7.88. The number of unbranched alkanes of at least 4 members (excludes halogenated alkanes) is 1.